The van der Waals surface area contributed by atoms with Crippen molar-refractivity contribution in [2.75, 3.05) is 0 Å². The molecule has 0 aliphatic heterocycles. The van der Waals surface area contributed by atoms with E-state index in [0.29, 0.717) is 0 Å². The molecule has 0 heterocycles. The third kappa shape index (κ3) is 8.00. The highest BCUT2D eigenvalue weighted by Crippen LogP contribution is 2.21. The Hall–Kier alpha value is -4.99. The SMILES string of the molecule is CC(OOC(=O)c1ccc(-c2ccccc2)cc1)OC(=O)OC(C)OOC(=O)c1ccc(-c2ccccc2)cc1. The summed E-state index contributed by atoms with van der Waals surface area (Å²) in [5.74, 6) is -1.55. The Kier molecular flexibility index (Phi) is 9.60. The van der Waals surface area contributed by atoms with Crippen LogP contribution in [-0.4, -0.2) is 30.7 Å². The highest BCUT2D eigenvalue weighted by molar-refractivity contribution is 5.90. The summed E-state index contributed by atoms with van der Waals surface area (Å²) < 4.78 is 9.70. The van der Waals surface area contributed by atoms with E-state index in [1.807, 2.05) is 60.7 Å². The van der Waals surface area contributed by atoms with Crippen molar-refractivity contribution >= 4 is 18.1 Å². The van der Waals surface area contributed by atoms with Crippen molar-refractivity contribution < 1.29 is 43.4 Å². The first-order chi connectivity index (χ1) is 19.4. The van der Waals surface area contributed by atoms with E-state index in [4.69, 9.17) is 29.0 Å². The number of carbonyl (C=O) groups is 3. The molecule has 2 unspecified atom stereocenters. The summed E-state index contributed by atoms with van der Waals surface area (Å²) in [7, 11) is 0. The second-order valence-corrected chi connectivity index (χ2v) is 8.44. The summed E-state index contributed by atoms with van der Waals surface area (Å²) >= 11 is 0. The van der Waals surface area contributed by atoms with Gasteiger partial charge in [-0.2, -0.15) is 0 Å². The van der Waals surface area contributed by atoms with Crippen LogP contribution in [0, 0.1) is 0 Å². The van der Waals surface area contributed by atoms with Gasteiger partial charge in [-0.05, 0) is 46.5 Å². The van der Waals surface area contributed by atoms with Crippen molar-refractivity contribution in [2.45, 2.75) is 26.4 Å². The third-order valence-electron chi connectivity index (χ3n) is 5.50. The van der Waals surface area contributed by atoms with Crippen LogP contribution in [0.5, 0.6) is 0 Å². The van der Waals surface area contributed by atoms with Crippen LogP contribution in [-0.2, 0) is 29.0 Å². The second kappa shape index (κ2) is 13.7. The van der Waals surface area contributed by atoms with Gasteiger partial charge >= 0.3 is 18.1 Å². The van der Waals surface area contributed by atoms with Gasteiger partial charge < -0.3 is 9.47 Å². The largest absolute Gasteiger partial charge is 0.513 e. The summed E-state index contributed by atoms with van der Waals surface area (Å²) in [6, 6.07) is 32.8. The maximum Gasteiger partial charge on any atom is 0.513 e. The van der Waals surface area contributed by atoms with E-state index in [9.17, 15) is 14.4 Å². The number of carbonyl (C=O) groups excluding carboxylic acids is 3. The molecule has 0 fully saturated rings. The highest BCUT2D eigenvalue weighted by atomic mass is 17.2. The molecule has 0 spiro atoms. The van der Waals surface area contributed by atoms with Crippen LogP contribution < -0.4 is 0 Å². The predicted octanol–water partition coefficient (Wildman–Crippen LogP) is 6.74. The van der Waals surface area contributed by atoms with Crippen molar-refractivity contribution in [1.82, 2.24) is 0 Å². The van der Waals surface area contributed by atoms with Crippen molar-refractivity contribution in [3.8, 4) is 22.3 Å². The van der Waals surface area contributed by atoms with Crippen molar-refractivity contribution in [2.24, 2.45) is 0 Å². The zero-order valence-electron chi connectivity index (χ0n) is 21.7. The van der Waals surface area contributed by atoms with E-state index >= 15 is 0 Å². The van der Waals surface area contributed by atoms with Crippen LogP contribution >= 0.6 is 0 Å². The average Bonchev–Trinajstić information content (AvgIpc) is 2.99. The number of benzene rings is 4. The average molecular weight is 543 g/mol. The van der Waals surface area contributed by atoms with Crippen LogP contribution in [0.1, 0.15) is 34.6 Å². The minimum Gasteiger partial charge on any atom is -0.401 e. The molecule has 0 saturated carbocycles. The van der Waals surface area contributed by atoms with E-state index < -0.39 is 30.7 Å². The fraction of sp³-hybridized carbons (Fsp3) is 0.129. The zero-order chi connectivity index (χ0) is 28.3. The Labute approximate surface area is 230 Å². The van der Waals surface area contributed by atoms with Crippen molar-refractivity contribution in [3.05, 3.63) is 120 Å². The number of hydrogen-bond acceptors (Lipinski definition) is 9. The molecule has 0 saturated heterocycles. The van der Waals surface area contributed by atoms with Crippen molar-refractivity contribution in [1.29, 1.82) is 0 Å². The quantitative estimate of drug-likeness (QED) is 0.0931. The molecule has 0 aliphatic carbocycles. The molecule has 4 aromatic carbocycles. The van der Waals surface area contributed by atoms with Gasteiger partial charge in [0.05, 0.1) is 11.1 Å². The summed E-state index contributed by atoms with van der Waals surface area (Å²) in [5.41, 5.74) is 4.36. The monoisotopic (exact) mass is 542 g/mol. The highest BCUT2D eigenvalue weighted by Gasteiger charge is 2.20. The van der Waals surface area contributed by atoms with E-state index in [2.05, 4.69) is 0 Å². The fourth-order valence-corrected chi connectivity index (χ4v) is 3.52. The first-order valence-electron chi connectivity index (χ1n) is 12.3. The van der Waals surface area contributed by atoms with Crippen molar-refractivity contribution in [3.63, 3.8) is 0 Å². The third-order valence-corrected chi connectivity index (χ3v) is 5.50. The van der Waals surface area contributed by atoms with Crippen LogP contribution in [0.25, 0.3) is 22.3 Å². The van der Waals surface area contributed by atoms with Crippen LogP contribution in [0.2, 0.25) is 0 Å². The Balaban J connectivity index is 1.16. The minimum absolute atomic E-state index is 0.244. The van der Waals surface area contributed by atoms with Gasteiger partial charge in [-0.3, -0.25) is 9.78 Å². The molecule has 0 amide bonds. The molecule has 0 aromatic heterocycles. The Morgan fingerprint density at radius 1 is 0.475 bits per heavy atom. The Morgan fingerprint density at radius 3 is 1.15 bits per heavy atom. The molecule has 0 aliphatic rings. The first-order valence-corrected chi connectivity index (χ1v) is 12.3. The summed E-state index contributed by atoms with van der Waals surface area (Å²) in [4.78, 5) is 55.5. The van der Waals surface area contributed by atoms with Crippen LogP contribution in [0.3, 0.4) is 0 Å². The maximum atomic E-state index is 12.2. The molecule has 204 valence electrons. The molecule has 9 heteroatoms. The lowest BCUT2D eigenvalue weighted by molar-refractivity contribution is -0.340. The standard InChI is InChI=1S/C31H26O9/c1-21(37-39-29(32)27-17-13-25(14-18-27)23-9-5-3-6-10-23)35-31(34)36-22(2)38-40-30(33)28-19-15-26(16-20-28)24-11-7-4-8-12-24/h3-22H,1-2H3. The second-order valence-electron chi connectivity index (χ2n) is 8.44. The molecule has 4 rings (SSSR count). The molecular formula is C31H26O9. The van der Waals surface area contributed by atoms with E-state index in [-0.39, 0.29) is 11.1 Å². The lowest BCUT2D eigenvalue weighted by Gasteiger charge is -2.15. The lowest BCUT2D eigenvalue weighted by Crippen LogP contribution is -2.25. The zero-order valence-corrected chi connectivity index (χ0v) is 21.7. The topological polar surface area (TPSA) is 107 Å². The lowest BCUT2D eigenvalue weighted by atomic mass is 10.0. The molecular weight excluding hydrogens is 516 g/mol. The number of ether oxygens (including phenoxy) is 2. The number of rotatable bonds is 10. The summed E-state index contributed by atoms with van der Waals surface area (Å²) in [6.07, 6.45) is -3.79. The Bertz CT molecular complexity index is 1290. The van der Waals surface area contributed by atoms with Gasteiger partial charge in [0.1, 0.15) is 0 Å². The number of hydrogen-bond donors (Lipinski definition) is 0. The van der Waals surface area contributed by atoms with Gasteiger partial charge in [0.25, 0.3) is 0 Å². The minimum atomic E-state index is -1.29. The van der Waals surface area contributed by atoms with Crippen LogP contribution in [0.15, 0.2) is 109 Å². The molecule has 9 nitrogen and oxygen atoms in total. The fourth-order valence-electron chi connectivity index (χ4n) is 3.52. The maximum absolute atomic E-state index is 12.2. The van der Waals surface area contributed by atoms with E-state index in [0.717, 1.165) is 22.3 Å². The molecule has 40 heavy (non-hydrogen) atoms. The first kappa shape index (κ1) is 28.0. The molecule has 0 bridgehead atoms. The summed E-state index contributed by atoms with van der Waals surface area (Å²) in [5, 5.41) is 0. The smallest absolute Gasteiger partial charge is 0.401 e. The van der Waals surface area contributed by atoms with Gasteiger partial charge in [-0.1, -0.05) is 84.9 Å². The van der Waals surface area contributed by atoms with Gasteiger partial charge in [0, 0.05) is 13.8 Å². The van der Waals surface area contributed by atoms with Gasteiger partial charge in [0.2, 0.25) is 12.6 Å². The Morgan fingerprint density at radius 2 is 0.800 bits per heavy atom. The molecule has 4 aromatic rings. The predicted molar refractivity (Wildman–Crippen MR) is 143 cm³/mol. The molecule has 0 N–H and O–H groups in total. The summed E-state index contributed by atoms with van der Waals surface area (Å²) in [6.45, 7) is 2.63. The molecule has 0 radical (unpaired) electrons. The van der Waals surface area contributed by atoms with E-state index in [1.165, 1.54) is 13.8 Å². The van der Waals surface area contributed by atoms with Gasteiger partial charge in [-0.25, -0.2) is 14.4 Å². The van der Waals surface area contributed by atoms with Gasteiger partial charge in [-0.15, -0.1) is 9.78 Å². The normalized spacial score (nSPS) is 12.1. The van der Waals surface area contributed by atoms with Gasteiger partial charge in [0.15, 0.2) is 0 Å². The molecule has 2 atom stereocenters. The van der Waals surface area contributed by atoms with E-state index in [1.54, 1.807) is 48.5 Å². The van der Waals surface area contributed by atoms with Crippen LogP contribution in [0.4, 0.5) is 4.79 Å².